The first-order chi connectivity index (χ1) is 9.62. The van der Waals surface area contributed by atoms with Gasteiger partial charge in [-0.3, -0.25) is 4.79 Å². The molecule has 0 saturated carbocycles. The predicted octanol–water partition coefficient (Wildman–Crippen LogP) is 2.97. The molecule has 0 aliphatic heterocycles. The van der Waals surface area contributed by atoms with E-state index in [1.807, 2.05) is 0 Å². The van der Waals surface area contributed by atoms with E-state index in [0.29, 0.717) is 23.5 Å². The van der Waals surface area contributed by atoms with Gasteiger partial charge in [-0.2, -0.15) is 0 Å². The van der Waals surface area contributed by atoms with Gasteiger partial charge in [0, 0.05) is 6.42 Å². The molecule has 5 heteroatoms. The van der Waals surface area contributed by atoms with Gasteiger partial charge in [0.05, 0.1) is 19.8 Å². The summed E-state index contributed by atoms with van der Waals surface area (Å²) in [4.78, 5) is 23.1. The van der Waals surface area contributed by atoms with Crippen molar-refractivity contribution in [2.45, 2.75) is 32.6 Å². The van der Waals surface area contributed by atoms with Crippen molar-refractivity contribution < 1.29 is 23.8 Å². The average Bonchev–Trinajstić information content (AvgIpc) is 2.47. The van der Waals surface area contributed by atoms with Crippen LogP contribution in [-0.4, -0.2) is 26.2 Å². The molecule has 20 heavy (non-hydrogen) atoms. The number of benzene rings is 1. The highest BCUT2D eigenvalue weighted by Gasteiger charge is 2.13. The fourth-order valence-electron chi connectivity index (χ4n) is 1.69. The number of esters is 2. The molecule has 0 unspecified atom stereocenters. The van der Waals surface area contributed by atoms with Crippen molar-refractivity contribution in [2.24, 2.45) is 0 Å². The molecule has 1 rings (SSSR count). The highest BCUT2D eigenvalue weighted by atomic mass is 16.6. The maximum Gasteiger partial charge on any atom is 0.337 e. The first-order valence-electron chi connectivity index (χ1n) is 6.59. The van der Waals surface area contributed by atoms with Crippen molar-refractivity contribution in [1.29, 1.82) is 0 Å². The zero-order valence-electron chi connectivity index (χ0n) is 12.1. The third-order valence-corrected chi connectivity index (χ3v) is 2.79. The average molecular weight is 280 g/mol. The molecule has 5 nitrogen and oxygen atoms in total. The molecule has 0 aromatic heterocycles. The van der Waals surface area contributed by atoms with Crippen molar-refractivity contribution in [3.8, 4) is 11.5 Å². The van der Waals surface area contributed by atoms with E-state index in [0.717, 1.165) is 19.3 Å². The van der Waals surface area contributed by atoms with E-state index in [1.54, 1.807) is 0 Å². The Morgan fingerprint density at radius 1 is 1.10 bits per heavy atom. The third-order valence-electron chi connectivity index (χ3n) is 2.79. The maximum absolute atomic E-state index is 11.7. The summed E-state index contributed by atoms with van der Waals surface area (Å²) >= 11 is 0. The van der Waals surface area contributed by atoms with E-state index in [9.17, 15) is 9.59 Å². The minimum Gasteiger partial charge on any atom is -0.493 e. The predicted molar refractivity (Wildman–Crippen MR) is 74.1 cm³/mol. The summed E-state index contributed by atoms with van der Waals surface area (Å²) in [6.45, 7) is 2.07. The Labute approximate surface area is 118 Å². The van der Waals surface area contributed by atoms with Crippen LogP contribution in [0.2, 0.25) is 0 Å². The maximum atomic E-state index is 11.7. The summed E-state index contributed by atoms with van der Waals surface area (Å²) in [6.07, 6.45) is 3.21. The Balaban J connectivity index is 2.75. The molecule has 0 N–H and O–H groups in total. The number of carbonyl (C=O) groups is 2. The number of rotatable bonds is 7. The van der Waals surface area contributed by atoms with Gasteiger partial charge < -0.3 is 14.2 Å². The quantitative estimate of drug-likeness (QED) is 0.436. The third kappa shape index (κ3) is 4.57. The van der Waals surface area contributed by atoms with Gasteiger partial charge >= 0.3 is 11.9 Å². The molecule has 0 atom stereocenters. The SMILES string of the molecule is CCCCCC(=O)Oc1ccc(C(=O)OC)cc1OC. The molecule has 1 aromatic rings. The zero-order chi connectivity index (χ0) is 15.0. The second-order valence-electron chi connectivity index (χ2n) is 4.29. The van der Waals surface area contributed by atoms with Crippen molar-refractivity contribution in [3.63, 3.8) is 0 Å². The van der Waals surface area contributed by atoms with Crippen LogP contribution in [0.25, 0.3) is 0 Å². The Hall–Kier alpha value is -2.04. The molecule has 0 aliphatic carbocycles. The first-order valence-corrected chi connectivity index (χ1v) is 6.59. The second kappa shape index (κ2) is 8.19. The molecule has 1 aromatic carbocycles. The van der Waals surface area contributed by atoms with Gasteiger partial charge in [-0.25, -0.2) is 4.79 Å². The molecule has 0 spiro atoms. The van der Waals surface area contributed by atoms with Gasteiger partial charge in [0.15, 0.2) is 11.5 Å². The van der Waals surface area contributed by atoms with Gasteiger partial charge in [-0.05, 0) is 24.6 Å². The van der Waals surface area contributed by atoms with E-state index in [2.05, 4.69) is 11.7 Å². The summed E-state index contributed by atoms with van der Waals surface area (Å²) in [5.41, 5.74) is 0.343. The van der Waals surface area contributed by atoms with Gasteiger partial charge in [-0.1, -0.05) is 19.8 Å². The van der Waals surface area contributed by atoms with Crippen molar-refractivity contribution in [1.82, 2.24) is 0 Å². The topological polar surface area (TPSA) is 61.8 Å². The highest BCUT2D eigenvalue weighted by Crippen LogP contribution is 2.28. The summed E-state index contributed by atoms with van der Waals surface area (Å²) in [7, 11) is 2.75. The Morgan fingerprint density at radius 2 is 1.85 bits per heavy atom. The van der Waals surface area contributed by atoms with E-state index in [4.69, 9.17) is 9.47 Å². The van der Waals surface area contributed by atoms with Gasteiger partial charge in [-0.15, -0.1) is 0 Å². The largest absolute Gasteiger partial charge is 0.493 e. The van der Waals surface area contributed by atoms with Crippen LogP contribution >= 0.6 is 0 Å². The van der Waals surface area contributed by atoms with Crippen LogP contribution in [0.1, 0.15) is 43.0 Å². The lowest BCUT2D eigenvalue weighted by Crippen LogP contribution is -2.09. The molecule has 0 heterocycles. The van der Waals surface area contributed by atoms with Crippen molar-refractivity contribution in [3.05, 3.63) is 23.8 Å². The monoisotopic (exact) mass is 280 g/mol. The summed E-state index contributed by atoms with van der Waals surface area (Å²) < 4.78 is 15.0. The molecule has 0 bridgehead atoms. The minimum absolute atomic E-state index is 0.303. The van der Waals surface area contributed by atoms with Crippen LogP contribution in [0.5, 0.6) is 11.5 Å². The summed E-state index contributed by atoms with van der Waals surface area (Å²) in [5, 5.41) is 0. The van der Waals surface area contributed by atoms with Crippen LogP contribution in [0.15, 0.2) is 18.2 Å². The van der Waals surface area contributed by atoms with E-state index in [-0.39, 0.29) is 5.97 Å². The molecule has 0 saturated heterocycles. The second-order valence-corrected chi connectivity index (χ2v) is 4.29. The highest BCUT2D eigenvalue weighted by molar-refractivity contribution is 5.90. The number of methoxy groups -OCH3 is 2. The van der Waals surface area contributed by atoms with Crippen LogP contribution in [-0.2, 0) is 9.53 Å². The molecular weight excluding hydrogens is 260 g/mol. The standard InChI is InChI=1S/C15H20O5/c1-4-5-6-7-14(16)20-12-9-8-11(15(17)19-3)10-13(12)18-2/h8-10H,4-7H2,1-3H3. The van der Waals surface area contributed by atoms with Crippen molar-refractivity contribution in [2.75, 3.05) is 14.2 Å². The van der Waals surface area contributed by atoms with Crippen LogP contribution in [0.3, 0.4) is 0 Å². The lowest BCUT2D eigenvalue weighted by atomic mass is 10.2. The van der Waals surface area contributed by atoms with Gasteiger partial charge in [0.2, 0.25) is 0 Å². The Kier molecular flexibility index (Phi) is 6.56. The molecular formula is C15H20O5. The Bertz CT molecular complexity index is 467. The molecule has 0 aliphatic rings. The number of hydrogen-bond donors (Lipinski definition) is 0. The lowest BCUT2D eigenvalue weighted by Gasteiger charge is -2.10. The first kappa shape index (κ1) is 16.0. The summed E-state index contributed by atoms with van der Waals surface area (Å²) in [6, 6.07) is 4.55. The number of unbranched alkanes of at least 4 members (excludes halogenated alkanes) is 2. The number of ether oxygens (including phenoxy) is 3. The molecule has 0 radical (unpaired) electrons. The summed E-state index contributed by atoms with van der Waals surface area (Å²) in [5.74, 6) is -0.134. The normalized spacial score (nSPS) is 9.95. The van der Waals surface area contributed by atoms with E-state index in [1.165, 1.54) is 32.4 Å². The molecule has 0 fully saturated rings. The zero-order valence-corrected chi connectivity index (χ0v) is 12.1. The lowest BCUT2D eigenvalue weighted by molar-refractivity contribution is -0.134. The number of carbonyl (C=O) groups excluding carboxylic acids is 2. The van der Waals surface area contributed by atoms with Gasteiger partial charge in [0.1, 0.15) is 0 Å². The fraction of sp³-hybridized carbons (Fsp3) is 0.467. The molecule has 0 amide bonds. The smallest absolute Gasteiger partial charge is 0.337 e. The van der Waals surface area contributed by atoms with E-state index >= 15 is 0 Å². The van der Waals surface area contributed by atoms with Gasteiger partial charge in [0.25, 0.3) is 0 Å². The molecule has 110 valence electrons. The van der Waals surface area contributed by atoms with Crippen LogP contribution < -0.4 is 9.47 Å². The fourth-order valence-corrected chi connectivity index (χ4v) is 1.69. The number of hydrogen-bond acceptors (Lipinski definition) is 5. The van der Waals surface area contributed by atoms with Crippen LogP contribution in [0, 0.1) is 0 Å². The minimum atomic E-state index is -0.468. The van der Waals surface area contributed by atoms with Crippen molar-refractivity contribution >= 4 is 11.9 Å². The van der Waals surface area contributed by atoms with E-state index < -0.39 is 5.97 Å². The van der Waals surface area contributed by atoms with Crippen LogP contribution in [0.4, 0.5) is 0 Å². The Morgan fingerprint density at radius 3 is 2.45 bits per heavy atom.